The minimum atomic E-state index is 0. The van der Waals surface area contributed by atoms with Crippen LogP contribution in [0.25, 0.3) is 0 Å². The second-order valence-electron chi connectivity index (χ2n) is 8.38. The molecule has 2 saturated heterocycles. The lowest BCUT2D eigenvalue weighted by molar-refractivity contribution is -0.129. The van der Waals surface area contributed by atoms with Crippen LogP contribution < -0.4 is 15.4 Å². The predicted octanol–water partition coefficient (Wildman–Crippen LogP) is 3.63. The number of amides is 1. The number of carbonyl (C=O) groups excluding carboxylic acids is 1. The summed E-state index contributed by atoms with van der Waals surface area (Å²) in [6.45, 7) is 10.7. The number of aryl methyl sites for hydroxylation is 1. The number of carbonyl (C=O) groups is 1. The molecule has 32 heavy (non-hydrogen) atoms. The summed E-state index contributed by atoms with van der Waals surface area (Å²) >= 11 is 0. The van der Waals surface area contributed by atoms with Gasteiger partial charge >= 0.3 is 0 Å². The van der Waals surface area contributed by atoms with E-state index in [0.29, 0.717) is 31.5 Å². The zero-order valence-electron chi connectivity index (χ0n) is 19.7. The summed E-state index contributed by atoms with van der Waals surface area (Å²) in [4.78, 5) is 18.9. The van der Waals surface area contributed by atoms with Gasteiger partial charge in [0, 0.05) is 44.1 Å². The largest absolute Gasteiger partial charge is 0.488 e. The summed E-state index contributed by atoms with van der Waals surface area (Å²) in [5.74, 6) is 1.99. The van der Waals surface area contributed by atoms with Crippen molar-refractivity contribution < 1.29 is 14.3 Å². The number of nitrogens with one attached hydrogen (secondary N) is 2. The zero-order valence-corrected chi connectivity index (χ0v) is 22.0. The van der Waals surface area contributed by atoms with E-state index < -0.39 is 0 Å². The minimum absolute atomic E-state index is 0. The third-order valence-corrected chi connectivity index (χ3v) is 5.95. The molecular weight excluding hydrogens is 519 g/mol. The zero-order chi connectivity index (χ0) is 22.1. The van der Waals surface area contributed by atoms with Crippen molar-refractivity contribution in [2.45, 2.75) is 71.6 Å². The topological polar surface area (TPSA) is 75.2 Å². The predicted molar refractivity (Wildman–Crippen MR) is 139 cm³/mol. The molecule has 2 aliphatic heterocycles. The van der Waals surface area contributed by atoms with Crippen molar-refractivity contribution in [3.63, 3.8) is 0 Å². The molecule has 3 rings (SSSR count). The molecule has 7 nitrogen and oxygen atoms in total. The van der Waals surface area contributed by atoms with Crippen LogP contribution in [0.1, 0.15) is 57.1 Å². The Kier molecular flexibility index (Phi) is 11.6. The summed E-state index contributed by atoms with van der Waals surface area (Å²) < 4.78 is 11.6. The van der Waals surface area contributed by atoms with E-state index in [9.17, 15) is 4.79 Å². The van der Waals surface area contributed by atoms with Gasteiger partial charge in [0.1, 0.15) is 11.9 Å². The van der Waals surface area contributed by atoms with Crippen molar-refractivity contribution in [3.05, 3.63) is 29.3 Å². The SMILES string of the molecule is CCNC(=NCc1ccc(C)cc1OC1CCOC1)NCCC(CC)N1CCCC1=O.I. The third-order valence-electron chi connectivity index (χ3n) is 5.95. The number of hydrogen-bond donors (Lipinski definition) is 2. The minimum Gasteiger partial charge on any atom is -0.488 e. The van der Waals surface area contributed by atoms with Gasteiger partial charge in [0.25, 0.3) is 0 Å². The van der Waals surface area contributed by atoms with E-state index in [1.165, 1.54) is 5.56 Å². The lowest BCUT2D eigenvalue weighted by Gasteiger charge is -2.27. The molecule has 0 radical (unpaired) electrons. The first kappa shape index (κ1) is 26.7. The number of hydrogen-bond acceptors (Lipinski definition) is 4. The average Bonchev–Trinajstić information content (AvgIpc) is 3.42. The normalized spacial score (nSPS) is 19.6. The number of guanidine groups is 1. The molecule has 0 saturated carbocycles. The van der Waals surface area contributed by atoms with E-state index in [-0.39, 0.29) is 30.1 Å². The maximum Gasteiger partial charge on any atom is 0.222 e. The number of likely N-dealkylation sites (tertiary alicyclic amines) is 1. The summed E-state index contributed by atoms with van der Waals surface area (Å²) in [6, 6.07) is 6.58. The molecule has 0 aromatic heterocycles. The van der Waals surface area contributed by atoms with Gasteiger partial charge in [-0.05, 0) is 44.7 Å². The number of halogens is 1. The van der Waals surface area contributed by atoms with Crippen LogP contribution in [0.15, 0.2) is 23.2 Å². The maximum absolute atomic E-state index is 12.1. The molecule has 0 aliphatic carbocycles. The van der Waals surface area contributed by atoms with Crippen LogP contribution >= 0.6 is 24.0 Å². The first-order valence-electron chi connectivity index (χ1n) is 11.8. The number of nitrogens with zero attached hydrogens (tertiary/aromatic N) is 2. The number of ether oxygens (including phenoxy) is 2. The van der Waals surface area contributed by atoms with Gasteiger partial charge in [0.15, 0.2) is 5.96 Å². The van der Waals surface area contributed by atoms with E-state index in [4.69, 9.17) is 14.5 Å². The molecule has 2 N–H and O–H groups in total. The van der Waals surface area contributed by atoms with Gasteiger partial charge in [0.05, 0.1) is 19.8 Å². The number of aliphatic imine (C=N–C) groups is 1. The highest BCUT2D eigenvalue weighted by Gasteiger charge is 2.26. The van der Waals surface area contributed by atoms with E-state index in [2.05, 4.69) is 54.5 Å². The molecule has 0 bridgehead atoms. The van der Waals surface area contributed by atoms with E-state index in [1.54, 1.807) is 0 Å². The molecule has 0 spiro atoms. The van der Waals surface area contributed by atoms with Crippen LogP contribution in [0, 0.1) is 6.92 Å². The van der Waals surface area contributed by atoms with Gasteiger partial charge in [-0.15, -0.1) is 24.0 Å². The fraction of sp³-hybridized carbons (Fsp3) is 0.667. The van der Waals surface area contributed by atoms with E-state index >= 15 is 0 Å². The van der Waals surface area contributed by atoms with Gasteiger partial charge in [-0.3, -0.25) is 4.79 Å². The Morgan fingerprint density at radius 3 is 2.84 bits per heavy atom. The Hall–Kier alpha value is -1.55. The second kappa shape index (κ2) is 13.9. The quantitative estimate of drug-likeness (QED) is 0.261. The fourth-order valence-corrected chi connectivity index (χ4v) is 4.19. The summed E-state index contributed by atoms with van der Waals surface area (Å²) in [6.07, 6.45) is 4.64. The molecule has 180 valence electrons. The molecule has 2 atom stereocenters. The van der Waals surface area contributed by atoms with Gasteiger partial charge in [-0.2, -0.15) is 0 Å². The molecule has 2 aliphatic rings. The van der Waals surface area contributed by atoms with Crippen molar-refractivity contribution in [2.75, 3.05) is 32.8 Å². The monoisotopic (exact) mass is 558 g/mol. The van der Waals surface area contributed by atoms with Crippen molar-refractivity contribution in [2.24, 2.45) is 4.99 Å². The maximum atomic E-state index is 12.1. The Balaban J connectivity index is 0.00000363. The van der Waals surface area contributed by atoms with Crippen LogP contribution in [-0.2, 0) is 16.1 Å². The lowest BCUT2D eigenvalue weighted by Crippen LogP contribution is -2.42. The van der Waals surface area contributed by atoms with Crippen LogP contribution in [0.3, 0.4) is 0 Å². The lowest BCUT2D eigenvalue weighted by atomic mass is 10.1. The fourth-order valence-electron chi connectivity index (χ4n) is 4.19. The van der Waals surface area contributed by atoms with Gasteiger partial charge < -0.3 is 25.0 Å². The molecule has 2 heterocycles. The molecule has 2 unspecified atom stereocenters. The van der Waals surface area contributed by atoms with Crippen molar-refractivity contribution in [3.8, 4) is 5.75 Å². The molecule has 1 aromatic carbocycles. The van der Waals surface area contributed by atoms with Crippen LogP contribution in [-0.4, -0.2) is 61.8 Å². The summed E-state index contributed by atoms with van der Waals surface area (Å²) in [5, 5.41) is 6.76. The Bertz CT molecular complexity index is 753. The highest BCUT2D eigenvalue weighted by Crippen LogP contribution is 2.24. The summed E-state index contributed by atoms with van der Waals surface area (Å²) in [5.41, 5.74) is 2.25. The van der Waals surface area contributed by atoms with Gasteiger partial charge in [-0.25, -0.2) is 4.99 Å². The second-order valence-corrected chi connectivity index (χ2v) is 8.38. The van der Waals surface area contributed by atoms with Crippen LogP contribution in [0.5, 0.6) is 5.75 Å². The Morgan fingerprint density at radius 1 is 1.34 bits per heavy atom. The Labute approximate surface area is 209 Å². The van der Waals surface area contributed by atoms with E-state index in [0.717, 1.165) is 69.2 Å². The molecule has 2 fully saturated rings. The van der Waals surface area contributed by atoms with E-state index in [1.807, 2.05) is 0 Å². The highest BCUT2D eigenvalue weighted by atomic mass is 127. The first-order chi connectivity index (χ1) is 15.1. The van der Waals surface area contributed by atoms with Crippen molar-refractivity contribution >= 4 is 35.8 Å². The third kappa shape index (κ3) is 7.79. The van der Waals surface area contributed by atoms with Gasteiger partial charge in [0.2, 0.25) is 5.91 Å². The highest BCUT2D eigenvalue weighted by molar-refractivity contribution is 14.0. The van der Waals surface area contributed by atoms with Crippen molar-refractivity contribution in [1.82, 2.24) is 15.5 Å². The number of rotatable bonds is 10. The Morgan fingerprint density at radius 2 is 2.19 bits per heavy atom. The van der Waals surface area contributed by atoms with Crippen LogP contribution in [0.4, 0.5) is 0 Å². The standard InChI is InChI=1S/C24H38N4O3.HI/c1-4-20(28-13-6-7-23(28)29)10-12-26-24(25-5-2)27-16-19-9-8-18(3)15-22(19)31-21-11-14-30-17-21;/h8-9,15,20-21H,4-7,10-14,16-17H2,1-3H3,(H2,25,26,27);1H. The van der Waals surface area contributed by atoms with Gasteiger partial charge in [-0.1, -0.05) is 19.1 Å². The smallest absolute Gasteiger partial charge is 0.222 e. The van der Waals surface area contributed by atoms with Crippen molar-refractivity contribution in [1.29, 1.82) is 0 Å². The summed E-state index contributed by atoms with van der Waals surface area (Å²) in [7, 11) is 0. The first-order valence-corrected chi connectivity index (χ1v) is 11.8. The molecule has 1 aromatic rings. The molecular formula is C24H39IN4O3. The molecule has 8 heteroatoms. The molecule has 1 amide bonds. The number of benzene rings is 1. The average molecular weight is 559 g/mol. The van der Waals surface area contributed by atoms with Crippen LogP contribution in [0.2, 0.25) is 0 Å².